The van der Waals surface area contributed by atoms with Crippen molar-refractivity contribution in [2.45, 2.75) is 83.3 Å². The molecule has 3 atom stereocenters. The Hall–Kier alpha value is -1.10. The van der Waals surface area contributed by atoms with E-state index in [9.17, 15) is 14.7 Å². The normalized spacial score (nSPS) is 27.2. The molecule has 0 bridgehead atoms. The van der Waals surface area contributed by atoms with Crippen LogP contribution in [0, 0.1) is 11.8 Å². The van der Waals surface area contributed by atoms with Crippen molar-refractivity contribution >= 4 is 11.8 Å². The summed E-state index contributed by atoms with van der Waals surface area (Å²) in [6.45, 7) is 2.34. The van der Waals surface area contributed by atoms with E-state index in [1.165, 1.54) is 19.3 Å². The van der Waals surface area contributed by atoms with Crippen LogP contribution in [0.15, 0.2) is 0 Å². The van der Waals surface area contributed by atoms with Crippen molar-refractivity contribution in [3.63, 3.8) is 0 Å². The maximum absolute atomic E-state index is 12.1. The first kappa shape index (κ1) is 18.2. The fraction of sp³-hybridized carbons (Fsp3) is 0.889. The van der Waals surface area contributed by atoms with Crippen LogP contribution in [0.3, 0.4) is 0 Å². The first-order chi connectivity index (χ1) is 11.0. The summed E-state index contributed by atoms with van der Waals surface area (Å²) in [6, 6.07) is -0.486. The van der Waals surface area contributed by atoms with Gasteiger partial charge in [-0.2, -0.15) is 0 Å². The van der Waals surface area contributed by atoms with Crippen LogP contribution in [-0.2, 0) is 9.59 Å². The molecule has 5 heteroatoms. The van der Waals surface area contributed by atoms with Crippen molar-refractivity contribution in [3.05, 3.63) is 0 Å². The lowest BCUT2D eigenvalue weighted by atomic mass is 9.87. The summed E-state index contributed by atoms with van der Waals surface area (Å²) in [5.41, 5.74) is 0. The van der Waals surface area contributed by atoms with Crippen LogP contribution < -0.4 is 10.6 Å². The molecule has 3 unspecified atom stereocenters. The van der Waals surface area contributed by atoms with Gasteiger partial charge in [-0.3, -0.25) is 9.59 Å². The number of amides is 2. The highest BCUT2D eigenvalue weighted by molar-refractivity contribution is 5.87. The first-order valence-corrected chi connectivity index (χ1v) is 9.29. The number of aliphatic hydroxyl groups excluding tert-OH is 1. The van der Waals surface area contributed by atoms with Gasteiger partial charge in [0.05, 0.1) is 6.10 Å². The van der Waals surface area contributed by atoms with E-state index in [4.69, 9.17) is 0 Å². The minimum Gasteiger partial charge on any atom is -0.393 e. The molecule has 0 saturated heterocycles. The monoisotopic (exact) mass is 324 g/mol. The molecule has 2 fully saturated rings. The van der Waals surface area contributed by atoms with Crippen molar-refractivity contribution in [1.82, 2.24) is 10.6 Å². The maximum Gasteiger partial charge on any atom is 0.242 e. The molecule has 132 valence electrons. The smallest absolute Gasteiger partial charge is 0.242 e. The maximum atomic E-state index is 12.1. The van der Waals surface area contributed by atoms with Crippen LogP contribution in [-0.4, -0.2) is 35.6 Å². The van der Waals surface area contributed by atoms with Crippen LogP contribution in [0.25, 0.3) is 0 Å². The number of carbonyl (C=O) groups is 2. The largest absolute Gasteiger partial charge is 0.393 e. The molecule has 0 aromatic carbocycles. The number of hydrogen-bond acceptors (Lipinski definition) is 3. The van der Waals surface area contributed by atoms with E-state index in [1.807, 2.05) is 0 Å². The molecule has 3 N–H and O–H groups in total. The van der Waals surface area contributed by atoms with Gasteiger partial charge in [-0.05, 0) is 50.9 Å². The van der Waals surface area contributed by atoms with Crippen molar-refractivity contribution in [1.29, 1.82) is 0 Å². The van der Waals surface area contributed by atoms with Crippen LogP contribution in [0.4, 0.5) is 0 Å². The minimum atomic E-state index is -0.486. The minimum absolute atomic E-state index is 0.00682. The molecule has 5 nitrogen and oxygen atoms in total. The van der Waals surface area contributed by atoms with Gasteiger partial charge in [-0.1, -0.05) is 25.7 Å². The number of carbonyl (C=O) groups excluding carboxylic acids is 2. The molecule has 0 aromatic heterocycles. The van der Waals surface area contributed by atoms with Crippen molar-refractivity contribution in [3.8, 4) is 0 Å². The number of hydrogen-bond donors (Lipinski definition) is 3. The molecular weight excluding hydrogens is 292 g/mol. The third-order valence-corrected chi connectivity index (χ3v) is 5.29. The molecule has 0 spiro atoms. The van der Waals surface area contributed by atoms with Gasteiger partial charge in [0.2, 0.25) is 11.8 Å². The number of aliphatic hydroxyl groups is 1. The van der Waals surface area contributed by atoms with Crippen LogP contribution in [0.2, 0.25) is 0 Å². The summed E-state index contributed by atoms with van der Waals surface area (Å²) in [5, 5.41) is 15.4. The van der Waals surface area contributed by atoms with E-state index in [-0.39, 0.29) is 17.9 Å². The van der Waals surface area contributed by atoms with Gasteiger partial charge in [0.15, 0.2) is 0 Å². The highest BCUT2D eigenvalue weighted by atomic mass is 16.3. The molecule has 0 radical (unpaired) electrons. The summed E-state index contributed by atoms with van der Waals surface area (Å²) < 4.78 is 0. The van der Waals surface area contributed by atoms with Crippen molar-refractivity contribution in [2.24, 2.45) is 11.8 Å². The van der Waals surface area contributed by atoms with Gasteiger partial charge >= 0.3 is 0 Å². The first-order valence-electron chi connectivity index (χ1n) is 9.29. The van der Waals surface area contributed by atoms with Gasteiger partial charge < -0.3 is 15.7 Å². The number of nitrogens with one attached hydrogen (secondary N) is 2. The Morgan fingerprint density at radius 3 is 2.43 bits per heavy atom. The molecule has 2 amide bonds. The Morgan fingerprint density at radius 1 is 1.04 bits per heavy atom. The van der Waals surface area contributed by atoms with Crippen LogP contribution in [0.1, 0.15) is 71.1 Å². The van der Waals surface area contributed by atoms with Crippen molar-refractivity contribution < 1.29 is 14.7 Å². The summed E-state index contributed by atoms with van der Waals surface area (Å²) in [6.07, 6.45) is 10.0. The van der Waals surface area contributed by atoms with Gasteiger partial charge in [-0.25, -0.2) is 0 Å². The second kappa shape index (κ2) is 9.26. The molecule has 2 saturated carbocycles. The van der Waals surface area contributed by atoms with Crippen LogP contribution >= 0.6 is 0 Å². The molecule has 23 heavy (non-hydrogen) atoms. The lowest BCUT2D eigenvalue weighted by molar-refractivity contribution is -0.129. The zero-order valence-electron chi connectivity index (χ0n) is 14.4. The zero-order valence-corrected chi connectivity index (χ0v) is 14.4. The third-order valence-electron chi connectivity index (χ3n) is 5.29. The second-order valence-corrected chi connectivity index (χ2v) is 7.43. The fourth-order valence-corrected chi connectivity index (χ4v) is 3.87. The highest BCUT2D eigenvalue weighted by Gasteiger charge is 2.23. The number of rotatable bonds is 6. The van der Waals surface area contributed by atoms with Gasteiger partial charge in [0, 0.05) is 13.0 Å². The predicted molar refractivity (Wildman–Crippen MR) is 89.8 cm³/mol. The lowest BCUT2D eigenvalue weighted by Crippen LogP contribution is -2.46. The summed E-state index contributed by atoms with van der Waals surface area (Å²) >= 11 is 0. The Morgan fingerprint density at radius 2 is 1.74 bits per heavy atom. The lowest BCUT2D eigenvalue weighted by Gasteiger charge is -2.26. The molecule has 0 heterocycles. The van der Waals surface area contributed by atoms with E-state index in [0.717, 1.165) is 38.5 Å². The Labute approximate surface area is 139 Å². The summed E-state index contributed by atoms with van der Waals surface area (Å²) in [4.78, 5) is 24.2. The van der Waals surface area contributed by atoms with E-state index in [2.05, 4.69) is 10.6 Å². The standard InChI is InChI=1S/C18H32N2O3/c1-13(20-17(22)11-14-6-3-2-4-7-14)18(23)19-12-15-8-5-9-16(21)10-15/h13-16,21H,2-12H2,1H3,(H,19,23)(H,20,22). The third kappa shape index (κ3) is 6.50. The van der Waals surface area contributed by atoms with E-state index < -0.39 is 6.04 Å². The average Bonchev–Trinajstić information content (AvgIpc) is 2.53. The zero-order chi connectivity index (χ0) is 16.7. The molecular formula is C18H32N2O3. The molecule has 0 aromatic rings. The van der Waals surface area contributed by atoms with Gasteiger partial charge in [0.1, 0.15) is 6.04 Å². The van der Waals surface area contributed by atoms with Gasteiger partial charge in [0.25, 0.3) is 0 Å². The SMILES string of the molecule is CC(NC(=O)CC1CCCCC1)C(=O)NCC1CCCC(O)C1. The van der Waals surface area contributed by atoms with Gasteiger partial charge in [-0.15, -0.1) is 0 Å². The second-order valence-electron chi connectivity index (χ2n) is 7.43. The van der Waals surface area contributed by atoms with Crippen molar-refractivity contribution in [2.75, 3.05) is 6.54 Å². The topological polar surface area (TPSA) is 78.4 Å². The molecule has 2 aliphatic rings. The Kier molecular flexibility index (Phi) is 7.34. The van der Waals surface area contributed by atoms with Crippen LogP contribution in [0.5, 0.6) is 0 Å². The predicted octanol–water partition coefficient (Wildman–Crippen LogP) is 2.13. The summed E-state index contributed by atoms with van der Waals surface area (Å²) in [5.74, 6) is 0.713. The Bertz CT molecular complexity index is 394. The average molecular weight is 324 g/mol. The fourth-order valence-electron chi connectivity index (χ4n) is 3.87. The highest BCUT2D eigenvalue weighted by Crippen LogP contribution is 2.26. The van der Waals surface area contributed by atoms with E-state index >= 15 is 0 Å². The molecule has 0 aliphatic heterocycles. The summed E-state index contributed by atoms with van der Waals surface area (Å²) in [7, 11) is 0. The molecule has 2 aliphatic carbocycles. The quantitative estimate of drug-likeness (QED) is 0.700. The van der Waals surface area contributed by atoms with E-state index in [0.29, 0.717) is 24.8 Å². The molecule has 2 rings (SSSR count). The van der Waals surface area contributed by atoms with E-state index in [1.54, 1.807) is 6.92 Å². The Balaban J connectivity index is 1.64.